The maximum absolute atomic E-state index is 13.3. The van der Waals surface area contributed by atoms with E-state index >= 15 is 0 Å². The van der Waals surface area contributed by atoms with Crippen molar-refractivity contribution in [1.82, 2.24) is 0 Å². The number of benzene rings is 1. The van der Waals surface area contributed by atoms with Crippen molar-refractivity contribution < 1.29 is 18.8 Å². The van der Waals surface area contributed by atoms with Crippen LogP contribution in [-0.2, 0) is 14.0 Å². The third-order valence-corrected chi connectivity index (χ3v) is 14.1. The molecule has 198 valence electrons. The number of fused-ring (bicyclic) bond motifs is 1. The molecule has 3 rings (SSSR count). The zero-order valence-electron chi connectivity index (χ0n) is 23.5. The lowest BCUT2D eigenvalue weighted by Gasteiger charge is -2.45. The van der Waals surface area contributed by atoms with Crippen molar-refractivity contribution in [2.24, 2.45) is 23.2 Å². The first-order chi connectivity index (χ1) is 17.0. The second kappa shape index (κ2) is 11.7. The van der Waals surface area contributed by atoms with E-state index in [0.717, 1.165) is 50.2 Å². The molecule has 5 heteroatoms. The summed E-state index contributed by atoms with van der Waals surface area (Å²) in [6, 6.07) is 12.4. The first kappa shape index (κ1) is 28.7. The zero-order chi connectivity index (χ0) is 26.6. The Morgan fingerprint density at radius 3 is 2.33 bits per heavy atom. The van der Waals surface area contributed by atoms with Gasteiger partial charge < -0.3 is 9.16 Å². The summed E-state index contributed by atoms with van der Waals surface area (Å²) in [7, 11) is -1.81. The second-order valence-electron chi connectivity index (χ2n) is 11.8. The van der Waals surface area contributed by atoms with E-state index in [0.29, 0.717) is 5.56 Å². The van der Waals surface area contributed by atoms with Crippen LogP contribution in [0.5, 0.6) is 0 Å². The monoisotopic (exact) mass is 510 g/mol. The number of rotatable bonds is 9. The molecule has 0 amide bonds. The molecule has 0 aromatic heterocycles. The van der Waals surface area contributed by atoms with Gasteiger partial charge in [-0.15, -0.1) is 0 Å². The minimum atomic E-state index is -1.81. The van der Waals surface area contributed by atoms with E-state index in [1.54, 1.807) is 12.1 Å². The smallest absolute Gasteiger partial charge is 0.338 e. The van der Waals surface area contributed by atoms with Crippen LogP contribution in [0.15, 0.2) is 30.3 Å². The van der Waals surface area contributed by atoms with Crippen LogP contribution < -0.4 is 0 Å². The Labute approximate surface area is 220 Å². The van der Waals surface area contributed by atoms with E-state index in [1.165, 1.54) is 0 Å². The number of hydrogen-bond acceptors (Lipinski definition) is 4. The number of esters is 1. The summed E-state index contributed by atoms with van der Waals surface area (Å²) in [5.74, 6) is 6.37. The first-order valence-corrected chi connectivity index (χ1v) is 16.6. The van der Waals surface area contributed by atoms with Crippen LogP contribution in [0.3, 0.4) is 0 Å². The minimum absolute atomic E-state index is 0.0127. The molecule has 0 aliphatic heterocycles. The molecule has 4 nitrogen and oxygen atoms in total. The summed E-state index contributed by atoms with van der Waals surface area (Å²) < 4.78 is 12.6. The number of Topliss-reactive ketones (excluding diaryl/α,β-unsaturated/α-hetero) is 1. The van der Waals surface area contributed by atoms with Crippen molar-refractivity contribution in [3.8, 4) is 11.8 Å². The van der Waals surface area contributed by atoms with Gasteiger partial charge in [-0.2, -0.15) is 0 Å². The molecule has 2 saturated carbocycles. The molecule has 1 unspecified atom stereocenters. The van der Waals surface area contributed by atoms with E-state index in [1.807, 2.05) is 39.0 Å². The maximum atomic E-state index is 13.3. The van der Waals surface area contributed by atoms with Gasteiger partial charge in [0.1, 0.15) is 11.7 Å². The largest absolute Gasteiger partial charge is 0.458 e. The summed E-state index contributed by atoms with van der Waals surface area (Å²) in [5, 5.41) is 0. The maximum Gasteiger partial charge on any atom is 0.338 e. The zero-order valence-corrected chi connectivity index (χ0v) is 24.5. The predicted octanol–water partition coefficient (Wildman–Crippen LogP) is 7.44. The fourth-order valence-corrected chi connectivity index (χ4v) is 10.0. The Bertz CT molecular complexity index is 963. The average molecular weight is 511 g/mol. The lowest BCUT2D eigenvalue weighted by molar-refractivity contribution is -0.121. The Kier molecular flexibility index (Phi) is 9.28. The van der Waals surface area contributed by atoms with Gasteiger partial charge in [-0.05, 0) is 93.5 Å². The number of hydrogen-bond donors (Lipinski definition) is 0. The van der Waals surface area contributed by atoms with Crippen molar-refractivity contribution >= 4 is 20.1 Å². The highest BCUT2D eigenvalue weighted by Gasteiger charge is 2.54. The Morgan fingerprint density at radius 1 is 1.08 bits per heavy atom. The lowest BCUT2D eigenvalue weighted by Crippen LogP contribution is -2.44. The van der Waals surface area contributed by atoms with Gasteiger partial charge in [-0.25, -0.2) is 4.79 Å². The van der Waals surface area contributed by atoms with Gasteiger partial charge in [-0.1, -0.05) is 58.7 Å². The topological polar surface area (TPSA) is 52.6 Å². The molecule has 0 bridgehead atoms. The highest BCUT2D eigenvalue weighted by molar-refractivity contribution is 6.73. The SMILES string of the molecule is CC[Si](CC)(CC)OC(C)(C)C#CC(=O)[C@@H](C)C1CC[C@H]2[C@@H](OC(=O)c3ccccc3)CCC[C@]12C. The van der Waals surface area contributed by atoms with Crippen LogP contribution in [-0.4, -0.2) is 31.8 Å². The van der Waals surface area contributed by atoms with Gasteiger partial charge >= 0.3 is 5.97 Å². The molecule has 2 fully saturated rings. The predicted molar refractivity (Wildman–Crippen MR) is 148 cm³/mol. The molecular formula is C31H46O4Si. The highest BCUT2D eigenvalue weighted by Crippen LogP contribution is 2.58. The van der Waals surface area contributed by atoms with E-state index in [9.17, 15) is 9.59 Å². The molecule has 36 heavy (non-hydrogen) atoms. The van der Waals surface area contributed by atoms with Gasteiger partial charge in [0.25, 0.3) is 0 Å². The highest BCUT2D eigenvalue weighted by atomic mass is 28.4. The van der Waals surface area contributed by atoms with Crippen LogP contribution in [0.4, 0.5) is 0 Å². The van der Waals surface area contributed by atoms with E-state index < -0.39 is 13.9 Å². The van der Waals surface area contributed by atoms with Crippen LogP contribution in [0.2, 0.25) is 18.1 Å². The second-order valence-corrected chi connectivity index (χ2v) is 16.4. The van der Waals surface area contributed by atoms with Crippen molar-refractivity contribution in [2.75, 3.05) is 0 Å². The summed E-state index contributed by atoms with van der Waals surface area (Å²) in [4.78, 5) is 26.1. The molecule has 5 atom stereocenters. The Balaban J connectivity index is 1.70. The van der Waals surface area contributed by atoms with Crippen molar-refractivity contribution in [3.05, 3.63) is 35.9 Å². The molecule has 0 N–H and O–H groups in total. The molecule has 0 spiro atoms. The standard InChI is InChI=1S/C31H46O4Si/c1-8-36(9-2,10-3)35-30(5,6)22-20-27(32)23(4)25-18-19-26-28(17-14-21-31(25,26)7)34-29(33)24-15-12-11-13-16-24/h11-13,15-16,23,25-26,28H,8-10,14,17-19,21H2,1-7H3/t23-,25?,26-,28-,31+/m0/s1. The molecule has 0 saturated heterocycles. The van der Waals surface area contributed by atoms with Gasteiger partial charge in [0.15, 0.2) is 8.32 Å². The van der Waals surface area contributed by atoms with E-state index in [2.05, 4.69) is 39.5 Å². The van der Waals surface area contributed by atoms with Crippen molar-refractivity contribution in [2.45, 2.75) is 110 Å². The summed E-state index contributed by atoms with van der Waals surface area (Å²) >= 11 is 0. The fraction of sp³-hybridized carbons (Fsp3) is 0.677. The van der Waals surface area contributed by atoms with Crippen LogP contribution in [0.25, 0.3) is 0 Å². The third-order valence-electron chi connectivity index (χ3n) is 9.31. The van der Waals surface area contributed by atoms with Crippen LogP contribution >= 0.6 is 0 Å². The number of carbonyl (C=O) groups is 2. The summed E-state index contributed by atoms with van der Waals surface area (Å²) in [5.41, 5.74) is -0.0331. The molecule has 0 radical (unpaired) electrons. The number of carbonyl (C=O) groups excluding carboxylic acids is 2. The molecule has 2 aliphatic carbocycles. The first-order valence-electron chi connectivity index (χ1n) is 14.0. The van der Waals surface area contributed by atoms with Gasteiger partial charge in [0.2, 0.25) is 5.78 Å². The summed E-state index contributed by atoms with van der Waals surface area (Å²) in [6.07, 6.45) is 4.87. The normalized spacial score (nSPS) is 26.9. The van der Waals surface area contributed by atoms with Crippen molar-refractivity contribution in [3.63, 3.8) is 0 Å². The van der Waals surface area contributed by atoms with E-state index in [4.69, 9.17) is 9.16 Å². The average Bonchev–Trinajstić information content (AvgIpc) is 3.23. The summed E-state index contributed by atoms with van der Waals surface area (Å²) in [6.45, 7) is 15.0. The molecule has 0 heterocycles. The van der Waals surface area contributed by atoms with Crippen LogP contribution in [0, 0.1) is 35.0 Å². The fourth-order valence-electron chi connectivity index (χ4n) is 6.94. The number of ether oxygens (including phenoxy) is 1. The minimum Gasteiger partial charge on any atom is -0.458 e. The van der Waals surface area contributed by atoms with Crippen molar-refractivity contribution in [1.29, 1.82) is 0 Å². The Morgan fingerprint density at radius 2 is 1.72 bits per heavy atom. The van der Waals surface area contributed by atoms with Crippen LogP contribution in [0.1, 0.15) is 90.9 Å². The van der Waals surface area contributed by atoms with Gasteiger partial charge in [-0.3, -0.25) is 4.79 Å². The molecule has 1 aromatic rings. The lowest BCUT2D eigenvalue weighted by atomic mass is 9.61. The number of ketones is 1. The molecular weight excluding hydrogens is 464 g/mol. The Hall–Kier alpha value is -1.90. The van der Waals surface area contributed by atoms with Gasteiger partial charge in [0, 0.05) is 11.8 Å². The van der Waals surface area contributed by atoms with Gasteiger partial charge in [0.05, 0.1) is 5.56 Å². The third kappa shape index (κ3) is 6.14. The van der Waals surface area contributed by atoms with E-state index in [-0.39, 0.29) is 41.0 Å². The molecule has 1 aromatic carbocycles. The molecule has 2 aliphatic rings. The quantitative estimate of drug-likeness (QED) is 0.150.